The molecule has 1 aliphatic heterocycles. The number of nitrogens with one attached hydrogen (secondary N) is 2. The highest BCUT2D eigenvalue weighted by Gasteiger charge is 2.44. The van der Waals surface area contributed by atoms with Crippen LogP contribution >= 0.6 is 7.44 Å². The van der Waals surface area contributed by atoms with Crippen molar-refractivity contribution in [1.29, 1.82) is 0 Å². The Balaban J connectivity index is 2.02. The molecule has 2 rings (SSSR count). The van der Waals surface area contributed by atoms with Crippen LogP contribution < -0.4 is 10.4 Å². The Morgan fingerprint density at radius 3 is 2.60 bits per heavy atom. The van der Waals surface area contributed by atoms with Gasteiger partial charge in [0.15, 0.2) is 0 Å². The van der Waals surface area contributed by atoms with Gasteiger partial charge in [0, 0.05) is 7.11 Å². The molecule has 1 saturated heterocycles. The molecule has 0 bridgehead atoms. The molecular weight excluding hydrogens is 349 g/mol. The lowest BCUT2D eigenvalue weighted by molar-refractivity contribution is -0.146. The number of hydrogen-bond acceptors (Lipinski definition) is 6. The normalized spacial score (nSPS) is 17.8. The molecule has 0 aliphatic carbocycles. The number of benzene rings is 1. The van der Waals surface area contributed by atoms with Gasteiger partial charge in [-0.25, -0.2) is 9.88 Å². The Morgan fingerprint density at radius 2 is 2.04 bits per heavy atom. The molecule has 1 aliphatic rings. The van der Waals surface area contributed by atoms with E-state index in [4.69, 9.17) is 9.47 Å². The molecule has 3 amide bonds. The number of amides is 3. The molecule has 1 unspecified atom stereocenters. The molecule has 1 aromatic rings. The average molecular weight is 369 g/mol. The molecule has 0 aromatic heterocycles. The Labute approximate surface area is 145 Å². The zero-order valence-corrected chi connectivity index (χ0v) is 14.8. The number of carbonyl (C=O) groups is 3. The van der Waals surface area contributed by atoms with E-state index in [9.17, 15) is 18.9 Å². The summed E-state index contributed by atoms with van der Waals surface area (Å²) in [6, 6.07) is 7.27. The standard InChI is InChI=1S/C15H20N3O6P/c1-11(14(20)24-9-12-6-4-3-5-7-12)17-25(22,10-23-2)18-13(19)8-16-15(18)21/h3-7,11H,8-10H2,1-2H3,(H,16,21)(H,17,22)/t11-,25?/m0/s1. The summed E-state index contributed by atoms with van der Waals surface area (Å²) in [7, 11) is -2.50. The van der Waals surface area contributed by atoms with Crippen LogP contribution in [-0.4, -0.2) is 48.6 Å². The second kappa shape index (κ2) is 8.24. The van der Waals surface area contributed by atoms with E-state index >= 15 is 0 Å². The molecular formula is C15H20N3O6P. The molecule has 1 aromatic carbocycles. The number of methoxy groups -OCH3 is 1. The Morgan fingerprint density at radius 1 is 1.36 bits per heavy atom. The first-order valence-electron chi connectivity index (χ1n) is 7.55. The van der Waals surface area contributed by atoms with Crippen LogP contribution in [-0.2, 0) is 30.2 Å². The summed E-state index contributed by atoms with van der Waals surface area (Å²) in [6.45, 7) is 1.25. The quantitative estimate of drug-likeness (QED) is 0.400. The van der Waals surface area contributed by atoms with Crippen LogP contribution in [0.25, 0.3) is 0 Å². The van der Waals surface area contributed by atoms with Crippen molar-refractivity contribution in [2.45, 2.75) is 19.6 Å². The fourth-order valence-electron chi connectivity index (χ4n) is 2.28. The molecule has 1 heterocycles. The second-order valence-corrected chi connectivity index (χ2v) is 7.75. The van der Waals surface area contributed by atoms with Gasteiger partial charge in [0.05, 0.1) is 6.54 Å². The molecule has 25 heavy (non-hydrogen) atoms. The van der Waals surface area contributed by atoms with Crippen molar-refractivity contribution in [2.24, 2.45) is 0 Å². The molecule has 2 N–H and O–H groups in total. The number of hydrogen-bond donors (Lipinski definition) is 2. The van der Waals surface area contributed by atoms with E-state index in [1.54, 1.807) is 12.1 Å². The molecule has 10 heteroatoms. The molecule has 136 valence electrons. The lowest BCUT2D eigenvalue weighted by atomic mass is 10.2. The topological polar surface area (TPSA) is 114 Å². The number of nitrogens with zero attached hydrogens (tertiary/aromatic N) is 1. The fourth-order valence-corrected chi connectivity index (χ4v) is 4.44. The lowest BCUT2D eigenvalue weighted by Crippen LogP contribution is -2.41. The van der Waals surface area contributed by atoms with E-state index in [0.717, 1.165) is 5.56 Å². The number of urea groups is 1. The number of esters is 1. The Kier molecular flexibility index (Phi) is 6.30. The number of ether oxygens (including phenoxy) is 2. The van der Waals surface area contributed by atoms with Gasteiger partial charge in [-0.05, 0) is 12.5 Å². The summed E-state index contributed by atoms with van der Waals surface area (Å²) in [5.74, 6) is -1.31. The van der Waals surface area contributed by atoms with E-state index in [0.29, 0.717) is 4.67 Å². The van der Waals surface area contributed by atoms with Gasteiger partial charge in [-0.1, -0.05) is 30.3 Å². The van der Waals surface area contributed by atoms with E-state index < -0.39 is 37.7 Å². The van der Waals surface area contributed by atoms with Crippen molar-refractivity contribution in [3.05, 3.63) is 35.9 Å². The molecule has 0 radical (unpaired) electrons. The summed E-state index contributed by atoms with van der Waals surface area (Å²) in [5, 5.41) is 4.82. The van der Waals surface area contributed by atoms with Gasteiger partial charge in [0.2, 0.25) is 0 Å². The van der Waals surface area contributed by atoms with Crippen LogP contribution in [0.2, 0.25) is 0 Å². The Bertz CT molecular complexity index is 680. The number of imide groups is 1. The second-order valence-electron chi connectivity index (χ2n) is 5.43. The Hall–Kier alpha value is -2.22. The van der Waals surface area contributed by atoms with Gasteiger partial charge in [-0.3, -0.25) is 14.2 Å². The smallest absolute Gasteiger partial charge is 0.331 e. The van der Waals surface area contributed by atoms with Crippen molar-refractivity contribution in [1.82, 2.24) is 15.1 Å². The SMILES string of the molecule is COCP(=O)(N[C@@H](C)C(=O)OCc1ccccc1)N1C(=O)CNC1=O. The third-order valence-electron chi connectivity index (χ3n) is 3.42. The number of rotatable bonds is 8. The predicted octanol–water partition coefficient (Wildman–Crippen LogP) is 1.06. The van der Waals surface area contributed by atoms with Crippen molar-refractivity contribution in [3.63, 3.8) is 0 Å². The molecule has 1 fully saturated rings. The van der Waals surface area contributed by atoms with E-state index in [1.807, 2.05) is 18.2 Å². The third-order valence-corrected chi connectivity index (χ3v) is 5.87. The van der Waals surface area contributed by atoms with Crippen molar-refractivity contribution >= 4 is 25.4 Å². The molecule has 0 saturated carbocycles. The monoisotopic (exact) mass is 369 g/mol. The van der Waals surface area contributed by atoms with Gasteiger partial charge in [0.1, 0.15) is 19.0 Å². The largest absolute Gasteiger partial charge is 0.460 e. The average Bonchev–Trinajstić information content (AvgIpc) is 2.93. The maximum atomic E-state index is 13.0. The first kappa shape index (κ1) is 19.1. The third kappa shape index (κ3) is 4.66. The predicted molar refractivity (Wildman–Crippen MR) is 88.6 cm³/mol. The van der Waals surface area contributed by atoms with Gasteiger partial charge < -0.3 is 14.8 Å². The minimum atomic E-state index is -3.79. The van der Waals surface area contributed by atoms with Crippen LogP contribution in [0.3, 0.4) is 0 Å². The van der Waals surface area contributed by atoms with E-state index in [-0.39, 0.29) is 13.2 Å². The van der Waals surface area contributed by atoms with Gasteiger partial charge >= 0.3 is 12.0 Å². The van der Waals surface area contributed by atoms with E-state index in [1.165, 1.54) is 14.0 Å². The van der Waals surface area contributed by atoms with Gasteiger partial charge in [-0.2, -0.15) is 4.67 Å². The van der Waals surface area contributed by atoms with Crippen molar-refractivity contribution in [2.75, 3.05) is 20.0 Å². The van der Waals surface area contributed by atoms with Crippen LogP contribution in [0, 0.1) is 0 Å². The summed E-state index contributed by atoms with van der Waals surface area (Å²) in [5.41, 5.74) is 0.803. The summed E-state index contributed by atoms with van der Waals surface area (Å²) in [4.78, 5) is 35.7. The molecule has 9 nitrogen and oxygen atoms in total. The zero-order chi connectivity index (χ0) is 18.4. The maximum Gasteiger partial charge on any atom is 0.331 e. The highest BCUT2D eigenvalue weighted by molar-refractivity contribution is 7.60. The summed E-state index contributed by atoms with van der Waals surface area (Å²) >= 11 is 0. The molecule has 0 spiro atoms. The van der Waals surface area contributed by atoms with Gasteiger partial charge in [0.25, 0.3) is 13.4 Å². The summed E-state index contributed by atoms with van der Waals surface area (Å²) in [6.07, 6.45) is -0.414. The summed E-state index contributed by atoms with van der Waals surface area (Å²) < 4.78 is 23.7. The van der Waals surface area contributed by atoms with Crippen LogP contribution in [0.1, 0.15) is 12.5 Å². The van der Waals surface area contributed by atoms with Crippen LogP contribution in [0.15, 0.2) is 30.3 Å². The van der Waals surface area contributed by atoms with E-state index in [2.05, 4.69) is 10.4 Å². The highest BCUT2D eigenvalue weighted by Crippen LogP contribution is 2.47. The molecule has 2 atom stereocenters. The van der Waals surface area contributed by atoms with Crippen molar-refractivity contribution in [3.8, 4) is 0 Å². The zero-order valence-electron chi connectivity index (χ0n) is 13.9. The highest BCUT2D eigenvalue weighted by atomic mass is 31.2. The van der Waals surface area contributed by atoms with Gasteiger partial charge in [-0.15, -0.1) is 0 Å². The maximum absolute atomic E-state index is 13.0. The first-order chi connectivity index (χ1) is 11.9. The fraction of sp³-hybridized carbons (Fsp3) is 0.400. The lowest BCUT2D eigenvalue weighted by Gasteiger charge is -2.27. The van der Waals surface area contributed by atoms with Crippen LogP contribution in [0.5, 0.6) is 0 Å². The first-order valence-corrected chi connectivity index (χ1v) is 9.39. The minimum Gasteiger partial charge on any atom is -0.460 e. The number of carbonyl (C=O) groups excluding carboxylic acids is 3. The minimum absolute atomic E-state index is 0.0589. The van der Waals surface area contributed by atoms with Crippen LogP contribution in [0.4, 0.5) is 4.79 Å². The van der Waals surface area contributed by atoms with Crippen molar-refractivity contribution < 1.29 is 28.4 Å².